The SMILES string of the molecule is CNc1nc(OC)nc(-n2cc(Cl)cn2)n1. The van der Waals surface area contributed by atoms with Crippen molar-refractivity contribution in [3.05, 3.63) is 17.4 Å². The third kappa shape index (κ3) is 2.03. The Morgan fingerprint density at radius 2 is 2.19 bits per heavy atom. The molecule has 0 aromatic carbocycles. The molecular weight excluding hydrogens is 232 g/mol. The van der Waals surface area contributed by atoms with Crippen LogP contribution in [0, 0.1) is 0 Å². The molecule has 0 fully saturated rings. The zero-order valence-electron chi connectivity index (χ0n) is 8.68. The molecule has 0 aliphatic rings. The minimum absolute atomic E-state index is 0.209. The summed E-state index contributed by atoms with van der Waals surface area (Å²) in [5.41, 5.74) is 0. The van der Waals surface area contributed by atoms with Gasteiger partial charge < -0.3 is 10.1 Å². The zero-order chi connectivity index (χ0) is 11.5. The third-order valence-corrected chi connectivity index (χ3v) is 1.96. The van der Waals surface area contributed by atoms with Crippen LogP contribution in [0.1, 0.15) is 0 Å². The number of nitrogens with one attached hydrogen (secondary N) is 1. The van der Waals surface area contributed by atoms with Gasteiger partial charge in [0.1, 0.15) is 0 Å². The second kappa shape index (κ2) is 4.31. The molecule has 0 saturated carbocycles. The van der Waals surface area contributed by atoms with Gasteiger partial charge >= 0.3 is 6.01 Å². The van der Waals surface area contributed by atoms with Crippen molar-refractivity contribution in [2.24, 2.45) is 0 Å². The largest absolute Gasteiger partial charge is 0.467 e. The average molecular weight is 241 g/mol. The van der Waals surface area contributed by atoms with Gasteiger partial charge in [-0.15, -0.1) is 0 Å². The van der Waals surface area contributed by atoms with Crippen molar-refractivity contribution < 1.29 is 4.74 Å². The molecule has 0 radical (unpaired) electrons. The summed E-state index contributed by atoms with van der Waals surface area (Å²) in [6.45, 7) is 0. The van der Waals surface area contributed by atoms with Gasteiger partial charge in [0.25, 0.3) is 5.95 Å². The Balaban J connectivity index is 2.47. The molecule has 16 heavy (non-hydrogen) atoms. The highest BCUT2D eigenvalue weighted by atomic mass is 35.5. The number of ether oxygens (including phenoxy) is 1. The van der Waals surface area contributed by atoms with Crippen LogP contribution in [0.25, 0.3) is 5.95 Å². The first-order valence-electron chi connectivity index (χ1n) is 4.41. The molecule has 7 nitrogen and oxygen atoms in total. The van der Waals surface area contributed by atoms with Crippen LogP contribution in [0.4, 0.5) is 5.95 Å². The van der Waals surface area contributed by atoms with Crippen LogP contribution in [0.15, 0.2) is 12.4 Å². The number of hydrogen-bond acceptors (Lipinski definition) is 6. The van der Waals surface area contributed by atoms with Gasteiger partial charge in [0, 0.05) is 7.05 Å². The molecule has 0 saturated heterocycles. The Morgan fingerprint density at radius 1 is 1.38 bits per heavy atom. The molecule has 0 atom stereocenters. The molecule has 0 aliphatic heterocycles. The van der Waals surface area contributed by atoms with Gasteiger partial charge in [-0.2, -0.15) is 20.1 Å². The lowest BCUT2D eigenvalue weighted by atomic mass is 10.7. The van der Waals surface area contributed by atoms with Crippen molar-refractivity contribution in [2.75, 3.05) is 19.5 Å². The highest BCUT2D eigenvalue weighted by molar-refractivity contribution is 6.30. The van der Waals surface area contributed by atoms with E-state index in [1.54, 1.807) is 13.2 Å². The van der Waals surface area contributed by atoms with Crippen molar-refractivity contribution >= 4 is 17.5 Å². The van der Waals surface area contributed by atoms with Crippen molar-refractivity contribution in [3.63, 3.8) is 0 Å². The van der Waals surface area contributed by atoms with Gasteiger partial charge in [0.2, 0.25) is 5.95 Å². The maximum absolute atomic E-state index is 5.76. The summed E-state index contributed by atoms with van der Waals surface area (Å²) in [5, 5.41) is 7.29. The highest BCUT2D eigenvalue weighted by Gasteiger charge is 2.08. The Labute approximate surface area is 96.5 Å². The molecule has 84 valence electrons. The Morgan fingerprint density at radius 3 is 2.75 bits per heavy atom. The van der Waals surface area contributed by atoms with Crippen LogP contribution in [0.2, 0.25) is 5.02 Å². The number of anilines is 1. The molecule has 0 unspecified atom stereocenters. The number of aromatic nitrogens is 5. The van der Waals surface area contributed by atoms with E-state index in [1.807, 2.05) is 0 Å². The molecule has 1 N–H and O–H groups in total. The van der Waals surface area contributed by atoms with Gasteiger partial charge in [0.15, 0.2) is 0 Å². The van der Waals surface area contributed by atoms with Crippen molar-refractivity contribution in [3.8, 4) is 12.0 Å². The van der Waals surface area contributed by atoms with E-state index in [4.69, 9.17) is 16.3 Å². The summed E-state index contributed by atoms with van der Waals surface area (Å²) >= 11 is 5.76. The van der Waals surface area contributed by atoms with E-state index in [1.165, 1.54) is 18.0 Å². The topological polar surface area (TPSA) is 77.8 Å². The van der Waals surface area contributed by atoms with E-state index in [2.05, 4.69) is 25.4 Å². The monoisotopic (exact) mass is 240 g/mol. The fourth-order valence-corrected chi connectivity index (χ4v) is 1.20. The molecule has 2 rings (SSSR count). The van der Waals surface area contributed by atoms with Crippen LogP contribution in [0.3, 0.4) is 0 Å². The molecule has 8 heteroatoms. The minimum Gasteiger partial charge on any atom is -0.467 e. The second-order valence-electron chi connectivity index (χ2n) is 2.80. The Kier molecular flexibility index (Phi) is 2.86. The van der Waals surface area contributed by atoms with Crippen LogP contribution in [0.5, 0.6) is 6.01 Å². The van der Waals surface area contributed by atoms with Crippen LogP contribution in [-0.4, -0.2) is 38.9 Å². The van der Waals surface area contributed by atoms with E-state index >= 15 is 0 Å². The van der Waals surface area contributed by atoms with Crippen molar-refractivity contribution in [1.82, 2.24) is 24.7 Å². The van der Waals surface area contributed by atoms with Crippen molar-refractivity contribution in [2.45, 2.75) is 0 Å². The molecule has 2 aromatic heterocycles. The van der Waals surface area contributed by atoms with Gasteiger partial charge in [-0.1, -0.05) is 11.6 Å². The number of halogens is 1. The third-order valence-electron chi connectivity index (χ3n) is 1.77. The van der Waals surface area contributed by atoms with E-state index < -0.39 is 0 Å². The number of rotatable bonds is 3. The lowest BCUT2D eigenvalue weighted by Gasteiger charge is -2.04. The lowest BCUT2D eigenvalue weighted by molar-refractivity contribution is 0.377. The predicted octanol–water partition coefficient (Wildman–Crippen LogP) is 0.761. The highest BCUT2D eigenvalue weighted by Crippen LogP contribution is 2.12. The number of methoxy groups -OCH3 is 1. The second-order valence-corrected chi connectivity index (χ2v) is 3.24. The average Bonchev–Trinajstić information content (AvgIpc) is 2.75. The summed E-state index contributed by atoms with van der Waals surface area (Å²) < 4.78 is 6.39. The Hall–Kier alpha value is -1.89. The molecular formula is C8H9ClN6O. The predicted molar refractivity (Wildman–Crippen MR) is 58.1 cm³/mol. The first-order valence-corrected chi connectivity index (χ1v) is 4.79. The van der Waals surface area contributed by atoms with Crippen LogP contribution >= 0.6 is 11.6 Å². The first kappa shape index (κ1) is 10.6. The molecule has 2 heterocycles. The molecule has 2 aromatic rings. The fourth-order valence-electron chi connectivity index (χ4n) is 1.06. The van der Waals surface area contributed by atoms with E-state index in [-0.39, 0.29) is 6.01 Å². The molecule has 0 bridgehead atoms. The number of hydrogen-bond donors (Lipinski definition) is 1. The molecule has 0 spiro atoms. The van der Waals surface area contributed by atoms with Crippen LogP contribution < -0.4 is 10.1 Å². The molecule has 0 amide bonds. The van der Waals surface area contributed by atoms with E-state index in [0.717, 1.165) is 0 Å². The van der Waals surface area contributed by atoms with Gasteiger partial charge in [-0.3, -0.25) is 0 Å². The summed E-state index contributed by atoms with van der Waals surface area (Å²) in [4.78, 5) is 12.1. The first-order chi connectivity index (χ1) is 7.72. The zero-order valence-corrected chi connectivity index (χ0v) is 9.43. The summed E-state index contributed by atoms with van der Waals surface area (Å²) in [7, 11) is 3.18. The summed E-state index contributed by atoms with van der Waals surface area (Å²) in [5.74, 6) is 0.733. The maximum atomic E-state index is 5.76. The summed E-state index contributed by atoms with van der Waals surface area (Å²) in [6.07, 6.45) is 3.09. The number of nitrogens with zero attached hydrogens (tertiary/aromatic N) is 5. The lowest BCUT2D eigenvalue weighted by Crippen LogP contribution is -2.08. The summed E-state index contributed by atoms with van der Waals surface area (Å²) in [6, 6.07) is 0.209. The Bertz CT molecular complexity index is 477. The van der Waals surface area contributed by atoms with Crippen molar-refractivity contribution in [1.29, 1.82) is 0 Å². The minimum atomic E-state index is 0.209. The smallest absolute Gasteiger partial charge is 0.322 e. The van der Waals surface area contributed by atoms with E-state index in [9.17, 15) is 0 Å². The standard InChI is InChI=1S/C8H9ClN6O/c1-10-6-12-7(14-8(13-6)16-2)15-4-5(9)3-11-15/h3-4H,1-2H3,(H,10,12,13,14). The fraction of sp³-hybridized carbons (Fsp3) is 0.250. The molecule has 0 aliphatic carbocycles. The quantitative estimate of drug-likeness (QED) is 0.854. The maximum Gasteiger partial charge on any atom is 0.322 e. The van der Waals surface area contributed by atoms with Gasteiger partial charge in [-0.05, 0) is 0 Å². The normalized spacial score (nSPS) is 10.2. The van der Waals surface area contributed by atoms with E-state index in [0.29, 0.717) is 16.9 Å². The van der Waals surface area contributed by atoms with Gasteiger partial charge in [-0.25, -0.2) is 4.68 Å². The van der Waals surface area contributed by atoms with Gasteiger partial charge in [0.05, 0.1) is 24.5 Å². The van der Waals surface area contributed by atoms with Crippen LogP contribution in [-0.2, 0) is 0 Å².